The minimum atomic E-state index is -1.59. The number of alkyl halides is 1. The third kappa shape index (κ3) is 3.52. The highest BCUT2D eigenvalue weighted by atomic mass is 19.1. The van der Waals surface area contributed by atoms with Crippen molar-refractivity contribution in [3.8, 4) is 11.1 Å². The van der Waals surface area contributed by atoms with Gasteiger partial charge in [-0.1, -0.05) is 6.08 Å². The van der Waals surface area contributed by atoms with Gasteiger partial charge in [-0.15, -0.1) is 0 Å². The number of H-pyrrole nitrogens is 1. The van der Waals surface area contributed by atoms with Crippen molar-refractivity contribution in [3.05, 3.63) is 84.1 Å². The molecule has 0 amide bonds. The van der Waals surface area contributed by atoms with Gasteiger partial charge in [-0.05, 0) is 36.4 Å². The first-order chi connectivity index (χ1) is 14.5. The Morgan fingerprint density at radius 2 is 1.97 bits per heavy atom. The molecule has 4 rings (SSSR count). The molecule has 1 unspecified atom stereocenters. The van der Waals surface area contributed by atoms with E-state index < -0.39 is 17.9 Å². The standard InChI is InChI=1S/C21H15F3N6/c22-14-2-1-3-18(17(23)7-14)30(11-25)20(26)16-10-29-21-15(16)6-13(9-28-21)12-4-5-19(24)27-8-12/h1-11,14,25-26H,(H,28,29). The Morgan fingerprint density at radius 1 is 1.17 bits per heavy atom. The number of pyridine rings is 2. The molecule has 0 radical (unpaired) electrons. The number of nitrogens with zero attached hydrogens (tertiary/aromatic N) is 3. The molecule has 0 saturated carbocycles. The molecule has 1 aliphatic carbocycles. The summed E-state index contributed by atoms with van der Waals surface area (Å²) in [5, 5.41) is 16.8. The predicted molar refractivity (Wildman–Crippen MR) is 108 cm³/mol. The Hall–Kier alpha value is -4.01. The molecule has 9 heteroatoms. The second-order valence-corrected chi connectivity index (χ2v) is 6.44. The molecule has 150 valence electrons. The molecule has 3 heterocycles. The fourth-order valence-electron chi connectivity index (χ4n) is 3.10. The van der Waals surface area contributed by atoms with Crippen LogP contribution in [0.3, 0.4) is 0 Å². The number of amidine groups is 1. The van der Waals surface area contributed by atoms with E-state index in [1.807, 2.05) is 0 Å². The van der Waals surface area contributed by atoms with E-state index in [2.05, 4.69) is 15.0 Å². The van der Waals surface area contributed by atoms with Crippen molar-refractivity contribution >= 4 is 23.2 Å². The average molecular weight is 408 g/mol. The molecule has 1 atom stereocenters. The molecule has 1 aliphatic rings. The van der Waals surface area contributed by atoms with E-state index in [1.165, 1.54) is 30.6 Å². The van der Waals surface area contributed by atoms with Crippen LogP contribution in [-0.4, -0.2) is 38.2 Å². The first-order valence-corrected chi connectivity index (χ1v) is 8.86. The van der Waals surface area contributed by atoms with Gasteiger partial charge in [-0.2, -0.15) is 4.39 Å². The van der Waals surface area contributed by atoms with E-state index in [0.717, 1.165) is 23.4 Å². The van der Waals surface area contributed by atoms with Crippen molar-refractivity contribution in [3.63, 3.8) is 0 Å². The zero-order valence-electron chi connectivity index (χ0n) is 15.4. The van der Waals surface area contributed by atoms with Crippen molar-refractivity contribution in [1.82, 2.24) is 19.9 Å². The number of aromatic amines is 1. The summed E-state index contributed by atoms with van der Waals surface area (Å²) in [7, 11) is 0. The molecule has 0 aromatic carbocycles. The second kappa shape index (κ2) is 7.78. The molecule has 30 heavy (non-hydrogen) atoms. The summed E-state index contributed by atoms with van der Waals surface area (Å²) >= 11 is 0. The number of hydrogen-bond acceptors (Lipinski definition) is 4. The quantitative estimate of drug-likeness (QED) is 0.333. The van der Waals surface area contributed by atoms with Crippen molar-refractivity contribution in [2.45, 2.75) is 6.17 Å². The summed E-state index contributed by atoms with van der Waals surface area (Å²) < 4.78 is 41.1. The topological polar surface area (TPSA) is 92.5 Å². The largest absolute Gasteiger partial charge is 0.345 e. The summed E-state index contributed by atoms with van der Waals surface area (Å²) in [6, 6.07) is 4.53. The zero-order chi connectivity index (χ0) is 21.3. The maximum absolute atomic E-state index is 14.4. The lowest BCUT2D eigenvalue weighted by Crippen LogP contribution is -2.29. The first-order valence-electron chi connectivity index (χ1n) is 8.86. The van der Waals surface area contributed by atoms with Gasteiger partial charge < -0.3 is 4.98 Å². The van der Waals surface area contributed by atoms with Crippen LogP contribution in [0, 0.1) is 16.8 Å². The second-order valence-electron chi connectivity index (χ2n) is 6.44. The van der Waals surface area contributed by atoms with Crippen molar-refractivity contribution in [2.24, 2.45) is 0 Å². The highest BCUT2D eigenvalue weighted by Gasteiger charge is 2.22. The van der Waals surface area contributed by atoms with Crippen LogP contribution in [0.25, 0.3) is 22.2 Å². The monoisotopic (exact) mass is 408 g/mol. The van der Waals surface area contributed by atoms with Gasteiger partial charge in [0.25, 0.3) is 0 Å². The van der Waals surface area contributed by atoms with Crippen LogP contribution in [0.1, 0.15) is 5.56 Å². The molecule has 0 fully saturated rings. The third-order valence-corrected chi connectivity index (χ3v) is 4.58. The summed E-state index contributed by atoms with van der Waals surface area (Å²) in [5.41, 5.74) is 1.98. The van der Waals surface area contributed by atoms with Gasteiger partial charge in [0.05, 0.1) is 12.0 Å². The van der Waals surface area contributed by atoms with Gasteiger partial charge in [0.2, 0.25) is 5.95 Å². The molecular formula is C21H15F3N6. The lowest BCUT2D eigenvalue weighted by molar-refractivity contribution is 0.458. The Balaban J connectivity index is 1.75. The summed E-state index contributed by atoms with van der Waals surface area (Å²) in [6.07, 6.45) is 8.24. The molecule has 3 N–H and O–H groups in total. The Labute approximate surface area is 169 Å². The van der Waals surface area contributed by atoms with Gasteiger partial charge in [-0.25, -0.2) is 18.7 Å². The molecule has 3 aromatic rings. The van der Waals surface area contributed by atoms with Crippen LogP contribution in [0.2, 0.25) is 0 Å². The summed E-state index contributed by atoms with van der Waals surface area (Å²) in [4.78, 5) is 11.9. The lowest BCUT2D eigenvalue weighted by atomic mass is 10.1. The minimum absolute atomic E-state index is 0.132. The van der Waals surface area contributed by atoms with E-state index in [-0.39, 0.29) is 11.5 Å². The summed E-state index contributed by atoms with van der Waals surface area (Å²) in [6.45, 7) is 0. The summed E-state index contributed by atoms with van der Waals surface area (Å²) in [5.74, 6) is -1.68. The van der Waals surface area contributed by atoms with Crippen LogP contribution in [0.5, 0.6) is 0 Å². The maximum Gasteiger partial charge on any atom is 0.212 e. The fraction of sp³-hybridized carbons (Fsp3) is 0.0476. The van der Waals surface area contributed by atoms with Crippen LogP contribution in [0.4, 0.5) is 13.2 Å². The Morgan fingerprint density at radius 3 is 2.70 bits per heavy atom. The Kier molecular flexibility index (Phi) is 5.01. The minimum Gasteiger partial charge on any atom is -0.345 e. The molecule has 6 nitrogen and oxygen atoms in total. The van der Waals surface area contributed by atoms with E-state index >= 15 is 0 Å². The van der Waals surface area contributed by atoms with Gasteiger partial charge in [-0.3, -0.25) is 15.7 Å². The fourth-order valence-corrected chi connectivity index (χ4v) is 3.10. The van der Waals surface area contributed by atoms with Gasteiger partial charge >= 0.3 is 0 Å². The smallest absolute Gasteiger partial charge is 0.212 e. The SMILES string of the molecule is N=CN(C(=N)c1c[nH]c2ncc(-c3ccc(F)nc3)cc12)C1=CC=CC(F)C=C1F. The van der Waals surface area contributed by atoms with Gasteiger partial charge in [0.15, 0.2) is 0 Å². The van der Waals surface area contributed by atoms with E-state index in [0.29, 0.717) is 27.7 Å². The van der Waals surface area contributed by atoms with Crippen LogP contribution in [-0.2, 0) is 0 Å². The number of aromatic nitrogens is 3. The molecule has 0 saturated heterocycles. The average Bonchev–Trinajstić information content (AvgIpc) is 3.09. The highest BCUT2D eigenvalue weighted by molar-refractivity contribution is 6.12. The molecular weight excluding hydrogens is 393 g/mol. The van der Waals surface area contributed by atoms with Crippen molar-refractivity contribution in [2.75, 3.05) is 0 Å². The maximum atomic E-state index is 14.4. The number of halogens is 3. The van der Waals surface area contributed by atoms with Crippen LogP contribution < -0.4 is 0 Å². The number of hydrogen-bond donors (Lipinski definition) is 3. The zero-order valence-corrected chi connectivity index (χ0v) is 15.4. The van der Waals surface area contributed by atoms with Crippen LogP contribution in [0.15, 0.2) is 72.6 Å². The molecule has 3 aromatic heterocycles. The Bertz CT molecular complexity index is 1220. The van der Waals surface area contributed by atoms with Gasteiger partial charge in [0, 0.05) is 40.7 Å². The van der Waals surface area contributed by atoms with Gasteiger partial charge in [0.1, 0.15) is 23.5 Å². The van der Waals surface area contributed by atoms with E-state index in [1.54, 1.807) is 18.3 Å². The highest BCUT2D eigenvalue weighted by Crippen LogP contribution is 2.27. The molecule has 0 bridgehead atoms. The van der Waals surface area contributed by atoms with E-state index in [9.17, 15) is 13.2 Å². The molecule has 0 spiro atoms. The van der Waals surface area contributed by atoms with Crippen molar-refractivity contribution < 1.29 is 13.2 Å². The normalized spacial score (nSPS) is 16.0. The van der Waals surface area contributed by atoms with E-state index in [4.69, 9.17) is 10.8 Å². The number of rotatable bonds is 4. The lowest BCUT2D eigenvalue weighted by Gasteiger charge is -2.21. The first kappa shape index (κ1) is 19.3. The van der Waals surface area contributed by atoms with Crippen LogP contribution >= 0.6 is 0 Å². The number of fused-ring (bicyclic) bond motifs is 1. The number of nitrogens with one attached hydrogen (secondary N) is 3. The van der Waals surface area contributed by atoms with Crippen molar-refractivity contribution in [1.29, 1.82) is 10.8 Å². The molecule has 0 aliphatic heterocycles. The third-order valence-electron chi connectivity index (χ3n) is 4.58. The predicted octanol–water partition coefficient (Wildman–Crippen LogP) is 4.64. The number of allylic oxidation sites excluding steroid dienone is 5.